The summed E-state index contributed by atoms with van der Waals surface area (Å²) in [6.07, 6.45) is 0. The van der Waals surface area contributed by atoms with Gasteiger partial charge in [-0.05, 0) is 45.4 Å². The monoisotopic (exact) mass is 345 g/mol. The van der Waals surface area contributed by atoms with Crippen LogP contribution in [0.25, 0.3) is 5.69 Å². The SMILES string of the molecule is CCOC(=O)CSCC(=O)c1cc(C)n(-c2ccccc2C)c1C. The van der Waals surface area contributed by atoms with Crippen LogP contribution >= 0.6 is 11.8 Å². The molecule has 2 aromatic rings. The summed E-state index contributed by atoms with van der Waals surface area (Å²) in [7, 11) is 0. The van der Waals surface area contributed by atoms with E-state index in [0.717, 1.165) is 22.6 Å². The van der Waals surface area contributed by atoms with Crippen molar-refractivity contribution in [1.82, 2.24) is 4.57 Å². The minimum Gasteiger partial charge on any atom is -0.465 e. The van der Waals surface area contributed by atoms with Gasteiger partial charge < -0.3 is 9.30 Å². The number of aromatic nitrogens is 1. The lowest BCUT2D eigenvalue weighted by molar-refractivity contribution is -0.139. The van der Waals surface area contributed by atoms with Gasteiger partial charge in [-0.3, -0.25) is 9.59 Å². The second-order valence-corrected chi connectivity index (χ2v) is 6.61. The second kappa shape index (κ2) is 8.20. The molecule has 1 aromatic carbocycles. The van der Waals surface area contributed by atoms with E-state index in [-0.39, 0.29) is 23.3 Å². The van der Waals surface area contributed by atoms with Crippen LogP contribution in [-0.4, -0.2) is 34.4 Å². The fourth-order valence-corrected chi connectivity index (χ4v) is 3.43. The van der Waals surface area contributed by atoms with E-state index < -0.39 is 0 Å². The molecular weight excluding hydrogens is 322 g/mol. The number of Topliss-reactive ketones (excluding diaryl/α,β-unsaturated/α-hetero) is 1. The average Bonchev–Trinajstić information content (AvgIpc) is 2.83. The summed E-state index contributed by atoms with van der Waals surface area (Å²) in [5.41, 5.74) is 4.93. The topological polar surface area (TPSA) is 48.3 Å². The van der Waals surface area contributed by atoms with Crippen molar-refractivity contribution in [3.8, 4) is 5.69 Å². The Morgan fingerprint density at radius 2 is 1.83 bits per heavy atom. The van der Waals surface area contributed by atoms with Crippen LogP contribution in [0, 0.1) is 20.8 Å². The number of hydrogen-bond donors (Lipinski definition) is 0. The third-order valence-electron chi connectivity index (χ3n) is 3.85. The Morgan fingerprint density at radius 3 is 2.50 bits per heavy atom. The zero-order valence-corrected chi connectivity index (χ0v) is 15.4. The summed E-state index contributed by atoms with van der Waals surface area (Å²) >= 11 is 1.29. The molecule has 0 aliphatic carbocycles. The number of ether oxygens (including phenoxy) is 1. The first-order valence-electron chi connectivity index (χ1n) is 7.97. The molecule has 0 N–H and O–H groups in total. The molecule has 0 fully saturated rings. The lowest BCUT2D eigenvalue weighted by Crippen LogP contribution is -2.10. The number of rotatable bonds is 7. The van der Waals surface area contributed by atoms with E-state index in [4.69, 9.17) is 4.74 Å². The Hall–Kier alpha value is -2.01. The Kier molecular flexibility index (Phi) is 6.26. The van der Waals surface area contributed by atoms with Gasteiger partial charge in [0, 0.05) is 22.6 Å². The largest absolute Gasteiger partial charge is 0.465 e. The van der Waals surface area contributed by atoms with E-state index >= 15 is 0 Å². The molecular formula is C19H23NO3S. The highest BCUT2D eigenvalue weighted by Gasteiger charge is 2.17. The summed E-state index contributed by atoms with van der Waals surface area (Å²) in [6.45, 7) is 8.16. The lowest BCUT2D eigenvalue weighted by Gasteiger charge is -2.12. The van der Waals surface area contributed by atoms with Crippen LogP contribution in [0.4, 0.5) is 0 Å². The number of hydrogen-bond acceptors (Lipinski definition) is 4. The zero-order valence-electron chi connectivity index (χ0n) is 14.6. The van der Waals surface area contributed by atoms with E-state index in [1.54, 1.807) is 6.92 Å². The molecule has 0 aliphatic heterocycles. The Labute approximate surface area is 147 Å². The van der Waals surface area contributed by atoms with Crippen LogP contribution in [0.2, 0.25) is 0 Å². The predicted molar refractivity (Wildman–Crippen MR) is 98.3 cm³/mol. The van der Waals surface area contributed by atoms with E-state index in [0.29, 0.717) is 12.2 Å². The highest BCUT2D eigenvalue weighted by atomic mass is 32.2. The Bertz CT molecular complexity index is 749. The fraction of sp³-hybridized carbons (Fsp3) is 0.368. The molecule has 1 heterocycles. The predicted octanol–water partition coefficient (Wildman–Crippen LogP) is 3.88. The molecule has 0 bridgehead atoms. The third kappa shape index (κ3) is 4.09. The average molecular weight is 345 g/mol. The number of benzene rings is 1. The van der Waals surface area contributed by atoms with Gasteiger partial charge in [0.2, 0.25) is 0 Å². The van der Waals surface area contributed by atoms with Gasteiger partial charge in [-0.2, -0.15) is 0 Å². The van der Waals surface area contributed by atoms with E-state index in [1.165, 1.54) is 11.8 Å². The number of esters is 1. The highest BCUT2D eigenvalue weighted by molar-refractivity contribution is 8.00. The van der Waals surface area contributed by atoms with Gasteiger partial charge in [0.05, 0.1) is 18.1 Å². The second-order valence-electron chi connectivity index (χ2n) is 5.63. The highest BCUT2D eigenvalue weighted by Crippen LogP contribution is 2.24. The minimum atomic E-state index is -0.277. The third-order valence-corrected chi connectivity index (χ3v) is 4.75. The maximum atomic E-state index is 12.5. The van der Waals surface area contributed by atoms with Gasteiger partial charge in [-0.1, -0.05) is 18.2 Å². The first-order valence-corrected chi connectivity index (χ1v) is 9.12. The molecule has 24 heavy (non-hydrogen) atoms. The van der Waals surface area contributed by atoms with Gasteiger partial charge in [-0.15, -0.1) is 11.8 Å². The Morgan fingerprint density at radius 1 is 1.12 bits per heavy atom. The molecule has 0 atom stereocenters. The first kappa shape index (κ1) is 18.3. The van der Waals surface area contributed by atoms with Crippen LogP contribution < -0.4 is 0 Å². The Balaban J connectivity index is 2.15. The van der Waals surface area contributed by atoms with Crippen molar-refractivity contribution in [3.63, 3.8) is 0 Å². The molecule has 0 unspecified atom stereocenters. The van der Waals surface area contributed by atoms with Crippen LogP contribution in [-0.2, 0) is 9.53 Å². The molecule has 4 nitrogen and oxygen atoms in total. The fourth-order valence-electron chi connectivity index (χ4n) is 2.74. The number of thioether (sulfide) groups is 1. The van der Waals surface area contributed by atoms with Gasteiger partial charge in [0.1, 0.15) is 0 Å². The van der Waals surface area contributed by atoms with Crippen molar-refractivity contribution >= 4 is 23.5 Å². The molecule has 0 saturated heterocycles. The van der Waals surface area contributed by atoms with Crippen molar-refractivity contribution in [2.24, 2.45) is 0 Å². The molecule has 0 amide bonds. The summed E-state index contributed by atoms with van der Waals surface area (Å²) < 4.78 is 6.98. The summed E-state index contributed by atoms with van der Waals surface area (Å²) in [6, 6.07) is 10.0. The van der Waals surface area contributed by atoms with E-state index in [2.05, 4.69) is 23.6 Å². The number of para-hydroxylation sites is 1. The normalized spacial score (nSPS) is 10.7. The molecule has 0 spiro atoms. The number of ketones is 1. The van der Waals surface area contributed by atoms with Gasteiger partial charge in [-0.25, -0.2) is 0 Å². The molecule has 0 aliphatic rings. The quantitative estimate of drug-likeness (QED) is 0.564. The molecule has 2 rings (SSSR count). The van der Waals surface area contributed by atoms with Crippen molar-refractivity contribution < 1.29 is 14.3 Å². The first-order chi connectivity index (χ1) is 11.5. The van der Waals surface area contributed by atoms with Crippen molar-refractivity contribution in [1.29, 1.82) is 0 Å². The standard InChI is InChI=1S/C19H23NO3S/c1-5-23-19(22)12-24-11-18(21)16-10-14(3)20(15(16)4)17-9-7-6-8-13(17)2/h6-10H,5,11-12H2,1-4H3. The number of carbonyl (C=O) groups is 2. The molecule has 0 radical (unpaired) electrons. The van der Waals surface area contributed by atoms with E-state index in [9.17, 15) is 9.59 Å². The molecule has 5 heteroatoms. The molecule has 1 aromatic heterocycles. The van der Waals surface area contributed by atoms with Crippen molar-refractivity contribution in [3.05, 3.63) is 52.8 Å². The lowest BCUT2D eigenvalue weighted by atomic mass is 10.1. The summed E-state index contributed by atoms with van der Waals surface area (Å²) in [5.74, 6) is 0.241. The maximum Gasteiger partial charge on any atom is 0.315 e. The summed E-state index contributed by atoms with van der Waals surface area (Å²) in [4.78, 5) is 23.9. The zero-order chi connectivity index (χ0) is 17.7. The van der Waals surface area contributed by atoms with Gasteiger partial charge in [0.25, 0.3) is 0 Å². The minimum absolute atomic E-state index is 0.0391. The smallest absolute Gasteiger partial charge is 0.315 e. The van der Waals surface area contributed by atoms with Crippen molar-refractivity contribution in [2.45, 2.75) is 27.7 Å². The van der Waals surface area contributed by atoms with Crippen LogP contribution in [0.15, 0.2) is 30.3 Å². The van der Waals surface area contributed by atoms with Gasteiger partial charge in [0.15, 0.2) is 5.78 Å². The number of aryl methyl sites for hydroxylation is 2. The number of carbonyl (C=O) groups excluding carboxylic acids is 2. The van der Waals surface area contributed by atoms with Crippen LogP contribution in [0.5, 0.6) is 0 Å². The van der Waals surface area contributed by atoms with Crippen LogP contribution in [0.3, 0.4) is 0 Å². The number of nitrogens with zero attached hydrogens (tertiary/aromatic N) is 1. The maximum absolute atomic E-state index is 12.5. The molecule has 128 valence electrons. The van der Waals surface area contributed by atoms with Crippen LogP contribution in [0.1, 0.15) is 34.2 Å². The van der Waals surface area contributed by atoms with Gasteiger partial charge >= 0.3 is 5.97 Å². The summed E-state index contributed by atoms with van der Waals surface area (Å²) in [5, 5.41) is 0. The van der Waals surface area contributed by atoms with Crippen molar-refractivity contribution in [2.75, 3.05) is 18.1 Å². The molecule has 0 saturated carbocycles. The van der Waals surface area contributed by atoms with E-state index in [1.807, 2.05) is 32.0 Å².